The maximum atomic E-state index is 11.9. The van der Waals surface area contributed by atoms with E-state index in [1.165, 1.54) is 17.4 Å². The Bertz CT molecular complexity index is 977. The molecule has 27 heavy (non-hydrogen) atoms. The molecule has 0 aliphatic heterocycles. The van der Waals surface area contributed by atoms with Gasteiger partial charge in [-0.3, -0.25) is 20.4 Å². The van der Waals surface area contributed by atoms with Crippen LogP contribution in [0, 0.1) is 13.8 Å². The molecule has 0 aliphatic carbocycles. The average Bonchev–Trinajstić information content (AvgIpc) is 3.07. The van der Waals surface area contributed by atoms with Crippen molar-refractivity contribution in [3.8, 4) is 0 Å². The minimum absolute atomic E-state index is 0.0613. The first-order chi connectivity index (χ1) is 13.0. The van der Waals surface area contributed by atoms with Gasteiger partial charge >= 0.3 is 0 Å². The van der Waals surface area contributed by atoms with Crippen molar-refractivity contribution in [2.45, 2.75) is 13.8 Å². The van der Waals surface area contributed by atoms with Crippen LogP contribution >= 0.6 is 11.3 Å². The lowest BCUT2D eigenvalue weighted by Gasteiger charge is -2.10. The van der Waals surface area contributed by atoms with Crippen LogP contribution in [-0.2, 0) is 9.59 Å². The van der Waals surface area contributed by atoms with Crippen LogP contribution in [0.3, 0.4) is 0 Å². The fourth-order valence-electron chi connectivity index (χ4n) is 2.51. The Balaban J connectivity index is 1.46. The molecule has 0 radical (unpaired) electrons. The van der Waals surface area contributed by atoms with Gasteiger partial charge in [0.2, 0.25) is 0 Å². The van der Waals surface area contributed by atoms with Crippen LogP contribution in [0.5, 0.6) is 0 Å². The third-order valence-electron chi connectivity index (χ3n) is 3.83. The Morgan fingerprint density at radius 3 is 2.70 bits per heavy atom. The number of benzene rings is 2. The lowest BCUT2D eigenvalue weighted by molar-refractivity contribution is -0.125. The number of para-hydroxylation sites is 1. The van der Waals surface area contributed by atoms with Crippen molar-refractivity contribution in [3.05, 3.63) is 64.7 Å². The average molecular weight is 380 g/mol. The molecule has 7 heteroatoms. The third kappa shape index (κ3) is 5.15. The zero-order valence-electron chi connectivity index (χ0n) is 15.1. The zero-order valence-corrected chi connectivity index (χ0v) is 15.9. The van der Waals surface area contributed by atoms with Gasteiger partial charge < -0.3 is 5.32 Å². The Kier molecular flexibility index (Phi) is 5.83. The molecule has 1 aromatic heterocycles. The van der Waals surface area contributed by atoms with Gasteiger partial charge in [-0.2, -0.15) is 0 Å². The first-order valence-corrected chi connectivity index (χ1v) is 9.26. The van der Waals surface area contributed by atoms with Gasteiger partial charge in [0.05, 0.1) is 16.8 Å². The highest BCUT2D eigenvalue weighted by molar-refractivity contribution is 7.19. The van der Waals surface area contributed by atoms with Gasteiger partial charge in [-0.05, 0) is 43.7 Å². The fraction of sp³-hybridized carbons (Fsp3) is 0.150. The number of amides is 2. The van der Waals surface area contributed by atoms with Crippen molar-refractivity contribution in [2.24, 2.45) is 0 Å². The van der Waals surface area contributed by atoms with E-state index >= 15 is 0 Å². The summed E-state index contributed by atoms with van der Waals surface area (Å²) in [5.74, 6) is -0.758. The smallest absolute Gasteiger partial charge is 0.262 e. The largest absolute Gasteiger partial charge is 0.376 e. The van der Waals surface area contributed by atoms with E-state index in [4.69, 9.17) is 0 Å². The molecule has 0 fully saturated rings. The summed E-state index contributed by atoms with van der Waals surface area (Å²) in [6.45, 7) is 4.05. The number of aromatic nitrogens is 1. The van der Waals surface area contributed by atoms with Crippen LogP contribution < -0.4 is 16.2 Å². The Hall–Kier alpha value is -3.19. The van der Waals surface area contributed by atoms with Crippen LogP contribution in [0.1, 0.15) is 16.1 Å². The fourth-order valence-corrected chi connectivity index (χ4v) is 3.38. The molecule has 2 aromatic carbocycles. The van der Waals surface area contributed by atoms with Crippen molar-refractivity contribution in [1.29, 1.82) is 0 Å². The molecule has 3 aromatic rings. The van der Waals surface area contributed by atoms with Gasteiger partial charge in [-0.25, -0.2) is 4.98 Å². The van der Waals surface area contributed by atoms with Crippen molar-refractivity contribution in [3.63, 3.8) is 0 Å². The number of nitrogens with one attached hydrogen (secondary N) is 3. The van der Waals surface area contributed by atoms with Gasteiger partial charge in [0.25, 0.3) is 11.8 Å². The van der Waals surface area contributed by atoms with Crippen molar-refractivity contribution >= 4 is 45.1 Å². The first-order valence-electron chi connectivity index (χ1n) is 8.45. The Morgan fingerprint density at radius 1 is 1.11 bits per heavy atom. The summed E-state index contributed by atoms with van der Waals surface area (Å²) in [6, 6.07) is 13.7. The SMILES string of the molecule is Cc1ccc(NCC(=O)NNC(=O)/C=C/c2nc3ccccc3s2)c(C)c1. The molecule has 0 atom stereocenters. The van der Waals surface area contributed by atoms with E-state index in [-0.39, 0.29) is 12.5 Å². The molecule has 0 unspecified atom stereocenters. The molecule has 0 saturated heterocycles. The molecule has 0 aliphatic rings. The van der Waals surface area contributed by atoms with E-state index in [0.29, 0.717) is 0 Å². The number of rotatable bonds is 5. The molecule has 2 amide bonds. The first kappa shape index (κ1) is 18.6. The number of nitrogens with zero attached hydrogens (tertiary/aromatic N) is 1. The second-order valence-electron chi connectivity index (χ2n) is 6.06. The van der Waals surface area contributed by atoms with Crippen LogP contribution in [0.4, 0.5) is 5.69 Å². The molecule has 0 spiro atoms. The molecular weight excluding hydrogens is 360 g/mol. The quantitative estimate of drug-likeness (QED) is 0.469. The minimum Gasteiger partial charge on any atom is -0.376 e. The highest BCUT2D eigenvalue weighted by atomic mass is 32.1. The maximum absolute atomic E-state index is 11.9. The van der Waals surface area contributed by atoms with E-state index in [0.717, 1.165) is 32.0 Å². The molecular formula is C20H20N4O2S. The van der Waals surface area contributed by atoms with E-state index in [1.807, 2.05) is 56.3 Å². The Labute approximate surface area is 161 Å². The summed E-state index contributed by atoms with van der Waals surface area (Å²) < 4.78 is 1.06. The van der Waals surface area contributed by atoms with Crippen molar-refractivity contribution < 1.29 is 9.59 Å². The normalized spacial score (nSPS) is 10.9. The summed E-state index contributed by atoms with van der Waals surface area (Å²) in [4.78, 5) is 28.1. The molecule has 3 rings (SSSR count). The number of thiazole rings is 1. The van der Waals surface area contributed by atoms with Crippen molar-refractivity contribution in [1.82, 2.24) is 15.8 Å². The van der Waals surface area contributed by atoms with E-state index < -0.39 is 5.91 Å². The summed E-state index contributed by atoms with van der Waals surface area (Å²) in [6.07, 6.45) is 2.97. The van der Waals surface area contributed by atoms with Crippen molar-refractivity contribution in [2.75, 3.05) is 11.9 Å². The van der Waals surface area contributed by atoms with Gasteiger partial charge in [-0.15, -0.1) is 11.3 Å². The molecule has 3 N–H and O–H groups in total. The number of aryl methyl sites for hydroxylation is 2. The molecule has 138 valence electrons. The standard InChI is InChI=1S/C20H20N4O2S/c1-13-7-8-15(14(2)11-13)21-12-19(26)24-23-18(25)9-10-20-22-16-5-3-4-6-17(16)27-20/h3-11,21H,12H2,1-2H3,(H,23,25)(H,24,26)/b10-9+. The number of carbonyl (C=O) groups is 2. The van der Waals surface area contributed by atoms with Crippen LogP contribution in [-0.4, -0.2) is 23.3 Å². The number of anilines is 1. The predicted octanol–water partition coefficient (Wildman–Crippen LogP) is 3.19. The van der Waals surface area contributed by atoms with Gasteiger partial charge in [0.1, 0.15) is 5.01 Å². The monoisotopic (exact) mass is 380 g/mol. The summed E-state index contributed by atoms with van der Waals surface area (Å²) in [5.41, 5.74) is 8.74. The number of hydrogen-bond donors (Lipinski definition) is 3. The highest BCUT2D eigenvalue weighted by Gasteiger charge is 2.05. The van der Waals surface area contributed by atoms with Crippen LogP contribution in [0.2, 0.25) is 0 Å². The molecule has 1 heterocycles. The highest BCUT2D eigenvalue weighted by Crippen LogP contribution is 2.22. The third-order valence-corrected chi connectivity index (χ3v) is 4.84. The van der Waals surface area contributed by atoms with Crippen LogP contribution in [0.15, 0.2) is 48.5 Å². The maximum Gasteiger partial charge on any atom is 0.262 e. The minimum atomic E-state index is -0.422. The lowest BCUT2D eigenvalue weighted by Crippen LogP contribution is -2.43. The second-order valence-corrected chi connectivity index (χ2v) is 7.12. The van der Waals surface area contributed by atoms with E-state index in [9.17, 15) is 9.59 Å². The summed E-state index contributed by atoms with van der Waals surface area (Å²) in [7, 11) is 0. The van der Waals surface area contributed by atoms with Gasteiger partial charge in [0, 0.05) is 11.8 Å². The number of hydrazine groups is 1. The number of carbonyl (C=O) groups excluding carboxylic acids is 2. The molecule has 0 bridgehead atoms. The summed E-state index contributed by atoms with van der Waals surface area (Å²) in [5, 5.41) is 3.78. The van der Waals surface area contributed by atoms with Gasteiger partial charge in [0.15, 0.2) is 0 Å². The van der Waals surface area contributed by atoms with E-state index in [1.54, 1.807) is 6.08 Å². The number of hydrogen-bond acceptors (Lipinski definition) is 5. The lowest BCUT2D eigenvalue weighted by atomic mass is 10.1. The summed E-state index contributed by atoms with van der Waals surface area (Å²) >= 11 is 1.50. The van der Waals surface area contributed by atoms with Gasteiger partial charge in [-0.1, -0.05) is 29.8 Å². The van der Waals surface area contributed by atoms with E-state index in [2.05, 4.69) is 21.2 Å². The molecule has 0 saturated carbocycles. The second kappa shape index (κ2) is 8.46. The Morgan fingerprint density at radius 2 is 1.93 bits per heavy atom. The zero-order chi connectivity index (χ0) is 19.2. The predicted molar refractivity (Wildman–Crippen MR) is 109 cm³/mol. The molecule has 6 nitrogen and oxygen atoms in total. The number of fused-ring (bicyclic) bond motifs is 1. The topological polar surface area (TPSA) is 83.1 Å². The van der Waals surface area contributed by atoms with Crippen LogP contribution in [0.25, 0.3) is 16.3 Å².